The smallest absolute Gasteiger partial charge is 0.200 e. The van der Waals surface area contributed by atoms with Gasteiger partial charge in [0.2, 0.25) is 0 Å². The number of rotatable bonds is 4. The van der Waals surface area contributed by atoms with Gasteiger partial charge < -0.3 is 4.74 Å². The zero-order valence-corrected chi connectivity index (χ0v) is 14.8. The summed E-state index contributed by atoms with van der Waals surface area (Å²) in [7, 11) is 0. The van der Waals surface area contributed by atoms with Crippen LogP contribution in [-0.4, -0.2) is 12.4 Å². The molecule has 0 radical (unpaired) electrons. The number of Topliss-reactive ketones (excluding diaryl/α,β-unsaturated/α-hetero) is 1. The van der Waals surface area contributed by atoms with E-state index in [1.165, 1.54) is 16.7 Å². The van der Waals surface area contributed by atoms with Crippen molar-refractivity contribution >= 4 is 29.0 Å². The van der Waals surface area contributed by atoms with Crippen molar-refractivity contribution in [3.05, 3.63) is 87.4 Å². The molecule has 0 amide bonds. The van der Waals surface area contributed by atoms with Gasteiger partial charge >= 0.3 is 0 Å². The van der Waals surface area contributed by atoms with E-state index in [-0.39, 0.29) is 12.4 Å². The van der Waals surface area contributed by atoms with Crippen molar-refractivity contribution in [1.29, 1.82) is 0 Å². The summed E-state index contributed by atoms with van der Waals surface area (Å²) in [4.78, 5) is 12.5. The highest BCUT2D eigenvalue weighted by atomic mass is 35.5. The number of halogens is 2. The molecule has 1 aliphatic carbocycles. The van der Waals surface area contributed by atoms with Gasteiger partial charge in [-0.2, -0.15) is 0 Å². The first-order chi connectivity index (χ1) is 12.1. The highest BCUT2D eigenvalue weighted by molar-refractivity contribution is 6.34. The Balaban J connectivity index is 1.55. The van der Waals surface area contributed by atoms with Gasteiger partial charge in [-0.25, -0.2) is 0 Å². The number of carbonyl (C=O) groups is 1. The predicted molar refractivity (Wildman–Crippen MR) is 101 cm³/mol. The summed E-state index contributed by atoms with van der Waals surface area (Å²) in [6.45, 7) is -0.0828. The molecule has 2 nitrogen and oxygen atoms in total. The maximum atomic E-state index is 12.5. The average Bonchev–Trinajstić information content (AvgIpc) is 3.00. The first kappa shape index (κ1) is 16.2. The number of ether oxygens (including phenoxy) is 1. The van der Waals surface area contributed by atoms with Gasteiger partial charge in [-0.1, -0.05) is 59.6 Å². The van der Waals surface area contributed by atoms with Crippen LogP contribution in [0.2, 0.25) is 10.0 Å². The highest BCUT2D eigenvalue weighted by Crippen LogP contribution is 2.37. The maximum Gasteiger partial charge on any atom is 0.200 e. The lowest BCUT2D eigenvalue weighted by Gasteiger charge is -2.09. The fourth-order valence-electron chi connectivity index (χ4n) is 3.11. The summed E-state index contributed by atoms with van der Waals surface area (Å²) in [6.07, 6.45) is 0.911. The first-order valence-electron chi connectivity index (χ1n) is 7.94. The Kier molecular flexibility index (Phi) is 4.24. The molecule has 0 saturated carbocycles. The number of ketones is 1. The zero-order valence-electron chi connectivity index (χ0n) is 13.3. The van der Waals surface area contributed by atoms with Gasteiger partial charge in [-0.3, -0.25) is 4.79 Å². The molecule has 3 aromatic carbocycles. The molecule has 0 aromatic heterocycles. The maximum absolute atomic E-state index is 12.5. The lowest BCUT2D eigenvalue weighted by molar-refractivity contribution is 0.0921. The van der Waals surface area contributed by atoms with Gasteiger partial charge in [-0.15, -0.1) is 0 Å². The molecular weight excluding hydrogens is 355 g/mol. The predicted octanol–water partition coefficient (Wildman–Crippen LogP) is 5.83. The molecule has 0 aliphatic heterocycles. The molecule has 1 aliphatic rings. The van der Waals surface area contributed by atoms with Crippen LogP contribution in [0.25, 0.3) is 11.1 Å². The minimum atomic E-state index is -0.0942. The van der Waals surface area contributed by atoms with Crippen molar-refractivity contribution in [1.82, 2.24) is 0 Å². The van der Waals surface area contributed by atoms with Crippen LogP contribution in [0.4, 0.5) is 0 Å². The number of carbonyl (C=O) groups excluding carboxylic acids is 1. The van der Waals surface area contributed by atoms with E-state index >= 15 is 0 Å². The number of fused-ring (bicyclic) bond motifs is 3. The molecule has 0 saturated heterocycles. The molecular formula is C21H14Cl2O2. The Labute approximate surface area is 156 Å². The van der Waals surface area contributed by atoms with E-state index < -0.39 is 0 Å². The summed E-state index contributed by atoms with van der Waals surface area (Å²) in [5, 5.41) is 0.945. The Hall–Kier alpha value is -2.29. The van der Waals surface area contributed by atoms with Gasteiger partial charge in [0.1, 0.15) is 5.75 Å². The van der Waals surface area contributed by atoms with E-state index in [9.17, 15) is 4.79 Å². The lowest BCUT2D eigenvalue weighted by atomic mass is 10.0. The normalized spacial score (nSPS) is 11.8. The molecule has 4 rings (SSSR count). The molecule has 124 valence electrons. The largest absolute Gasteiger partial charge is 0.484 e. The van der Waals surface area contributed by atoms with Gasteiger partial charge in [0, 0.05) is 16.7 Å². The monoisotopic (exact) mass is 368 g/mol. The van der Waals surface area contributed by atoms with Crippen molar-refractivity contribution in [2.24, 2.45) is 0 Å². The van der Waals surface area contributed by atoms with Crippen LogP contribution in [-0.2, 0) is 6.42 Å². The molecule has 4 heteroatoms. The van der Waals surface area contributed by atoms with Crippen molar-refractivity contribution in [2.45, 2.75) is 6.42 Å². The summed E-state index contributed by atoms with van der Waals surface area (Å²) in [5.74, 6) is 0.317. The van der Waals surface area contributed by atoms with Gasteiger partial charge in [0.05, 0.1) is 5.02 Å². The lowest BCUT2D eigenvalue weighted by Crippen LogP contribution is -2.12. The minimum absolute atomic E-state index is 0.0828. The van der Waals surface area contributed by atoms with Crippen LogP contribution >= 0.6 is 23.2 Å². The van der Waals surface area contributed by atoms with Gasteiger partial charge in [-0.05, 0) is 46.9 Å². The number of hydrogen-bond donors (Lipinski definition) is 0. The Bertz CT molecular complexity index is 979. The van der Waals surface area contributed by atoms with Crippen molar-refractivity contribution < 1.29 is 9.53 Å². The van der Waals surface area contributed by atoms with Crippen LogP contribution in [0, 0.1) is 0 Å². The minimum Gasteiger partial charge on any atom is -0.484 e. The van der Waals surface area contributed by atoms with Crippen LogP contribution in [0.1, 0.15) is 21.5 Å². The zero-order chi connectivity index (χ0) is 17.4. The summed E-state index contributed by atoms with van der Waals surface area (Å²) >= 11 is 12.0. The third-order valence-electron chi connectivity index (χ3n) is 4.37. The second-order valence-corrected chi connectivity index (χ2v) is 6.84. The van der Waals surface area contributed by atoms with Crippen molar-refractivity contribution in [2.75, 3.05) is 6.61 Å². The summed E-state index contributed by atoms with van der Waals surface area (Å²) in [5.41, 5.74) is 5.50. The average molecular weight is 369 g/mol. The molecule has 0 bridgehead atoms. The standard InChI is InChI=1S/C21H14Cl2O2/c22-16-7-8-19(23)21(11-16)25-12-20(24)15-6-5-14-9-13-3-1-2-4-17(13)18(14)10-15/h1-8,10-11H,9,12H2. The fraction of sp³-hybridized carbons (Fsp3) is 0.0952. The SMILES string of the molecule is O=C(COc1cc(Cl)ccc1Cl)c1ccc2c(c1)-c1ccccc1C2. The van der Waals surface area contributed by atoms with E-state index in [1.807, 2.05) is 30.3 Å². The molecule has 3 aromatic rings. The molecule has 25 heavy (non-hydrogen) atoms. The van der Waals surface area contributed by atoms with Crippen LogP contribution in [0.5, 0.6) is 5.75 Å². The Morgan fingerprint density at radius 3 is 2.60 bits per heavy atom. The Morgan fingerprint density at radius 2 is 1.72 bits per heavy atom. The third kappa shape index (κ3) is 3.15. The number of hydrogen-bond acceptors (Lipinski definition) is 2. The van der Waals surface area contributed by atoms with E-state index in [0.29, 0.717) is 21.4 Å². The molecule has 0 atom stereocenters. The molecule has 0 heterocycles. The first-order valence-corrected chi connectivity index (χ1v) is 8.69. The van der Waals surface area contributed by atoms with Crippen molar-refractivity contribution in [3.8, 4) is 16.9 Å². The van der Waals surface area contributed by atoms with E-state index in [4.69, 9.17) is 27.9 Å². The second-order valence-electron chi connectivity index (χ2n) is 5.99. The van der Waals surface area contributed by atoms with E-state index in [2.05, 4.69) is 12.1 Å². The quantitative estimate of drug-likeness (QED) is 0.423. The third-order valence-corrected chi connectivity index (χ3v) is 4.92. The second kappa shape index (κ2) is 6.55. The topological polar surface area (TPSA) is 26.3 Å². The van der Waals surface area contributed by atoms with Crippen molar-refractivity contribution in [3.63, 3.8) is 0 Å². The van der Waals surface area contributed by atoms with E-state index in [0.717, 1.165) is 12.0 Å². The fourth-order valence-corrected chi connectivity index (χ4v) is 3.45. The molecule has 0 N–H and O–H groups in total. The van der Waals surface area contributed by atoms with E-state index in [1.54, 1.807) is 18.2 Å². The molecule has 0 unspecified atom stereocenters. The number of benzene rings is 3. The van der Waals surface area contributed by atoms with Crippen LogP contribution in [0.3, 0.4) is 0 Å². The Morgan fingerprint density at radius 1 is 0.920 bits per heavy atom. The van der Waals surface area contributed by atoms with Gasteiger partial charge in [0.15, 0.2) is 12.4 Å². The van der Waals surface area contributed by atoms with Crippen LogP contribution in [0.15, 0.2) is 60.7 Å². The summed E-state index contributed by atoms with van der Waals surface area (Å²) < 4.78 is 5.56. The highest BCUT2D eigenvalue weighted by Gasteiger charge is 2.19. The van der Waals surface area contributed by atoms with Crippen LogP contribution < -0.4 is 4.74 Å². The summed E-state index contributed by atoms with van der Waals surface area (Å²) in [6, 6.07) is 19.0. The molecule has 0 fully saturated rings. The van der Waals surface area contributed by atoms with Gasteiger partial charge in [0.25, 0.3) is 0 Å². The molecule has 0 spiro atoms.